The van der Waals surface area contributed by atoms with Gasteiger partial charge in [-0.2, -0.15) is 0 Å². The van der Waals surface area contributed by atoms with Gasteiger partial charge in [-0.3, -0.25) is 9.69 Å². The normalized spacial score (nSPS) is 16.7. The fraction of sp³-hybridized carbons (Fsp3) is 0.381. The fourth-order valence-corrected chi connectivity index (χ4v) is 3.51. The molecule has 138 valence electrons. The summed E-state index contributed by atoms with van der Waals surface area (Å²) in [4.78, 5) is 16.3. The van der Waals surface area contributed by atoms with Gasteiger partial charge in [-0.1, -0.05) is 30.3 Å². The van der Waals surface area contributed by atoms with Crippen molar-refractivity contribution in [2.24, 2.45) is 0 Å². The molecular formula is C21H26N2O3. The molecule has 0 saturated carbocycles. The maximum Gasteiger partial charge on any atom is 0.236 e. The first-order valence-electron chi connectivity index (χ1n) is 8.79. The first kappa shape index (κ1) is 18.3. The van der Waals surface area contributed by atoms with E-state index in [9.17, 15) is 4.79 Å². The van der Waals surface area contributed by atoms with Crippen molar-refractivity contribution in [3.63, 3.8) is 0 Å². The lowest BCUT2D eigenvalue weighted by atomic mass is 9.87. The van der Waals surface area contributed by atoms with E-state index in [1.54, 1.807) is 33.2 Å². The predicted molar refractivity (Wildman–Crippen MR) is 102 cm³/mol. The molecule has 0 saturated heterocycles. The molecule has 0 aliphatic carbocycles. The molecule has 1 aliphatic heterocycles. The number of methoxy groups -OCH3 is 2. The van der Waals surface area contributed by atoms with Crippen LogP contribution in [0.2, 0.25) is 0 Å². The van der Waals surface area contributed by atoms with Gasteiger partial charge in [-0.15, -0.1) is 0 Å². The lowest BCUT2D eigenvalue weighted by molar-refractivity contribution is -0.130. The molecule has 1 atom stereocenters. The number of carbonyl (C=O) groups is 1. The molecule has 0 N–H and O–H groups in total. The van der Waals surface area contributed by atoms with Crippen molar-refractivity contribution in [1.82, 2.24) is 9.80 Å². The van der Waals surface area contributed by atoms with Gasteiger partial charge in [0.2, 0.25) is 5.91 Å². The molecule has 0 fully saturated rings. The second-order valence-electron chi connectivity index (χ2n) is 6.73. The van der Waals surface area contributed by atoms with Crippen molar-refractivity contribution < 1.29 is 14.3 Å². The van der Waals surface area contributed by atoms with Crippen LogP contribution >= 0.6 is 0 Å². The Morgan fingerprint density at radius 2 is 1.77 bits per heavy atom. The molecule has 1 unspecified atom stereocenters. The van der Waals surface area contributed by atoms with Gasteiger partial charge in [-0.25, -0.2) is 0 Å². The third kappa shape index (κ3) is 3.53. The van der Waals surface area contributed by atoms with Crippen LogP contribution in [0.1, 0.15) is 22.7 Å². The maximum atomic E-state index is 12.4. The van der Waals surface area contributed by atoms with Gasteiger partial charge < -0.3 is 14.4 Å². The molecule has 2 aromatic rings. The molecule has 5 heteroatoms. The number of fused-ring (bicyclic) bond motifs is 1. The number of rotatable bonds is 5. The molecule has 0 aromatic heterocycles. The number of nitrogens with zero attached hydrogens (tertiary/aromatic N) is 2. The Kier molecular flexibility index (Phi) is 5.47. The molecule has 3 rings (SSSR count). The number of hydrogen-bond donors (Lipinski definition) is 0. The molecule has 5 nitrogen and oxygen atoms in total. The summed E-state index contributed by atoms with van der Waals surface area (Å²) >= 11 is 0. The van der Waals surface area contributed by atoms with Crippen LogP contribution in [-0.4, -0.2) is 57.1 Å². The van der Waals surface area contributed by atoms with Gasteiger partial charge in [0.15, 0.2) is 11.5 Å². The number of carbonyl (C=O) groups excluding carboxylic acids is 1. The zero-order valence-electron chi connectivity index (χ0n) is 15.9. The van der Waals surface area contributed by atoms with E-state index in [-0.39, 0.29) is 11.9 Å². The minimum absolute atomic E-state index is 0.0173. The summed E-state index contributed by atoms with van der Waals surface area (Å²) in [6.45, 7) is 1.21. The second-order valence-corrected chi connectivity index (χ2v) is 6.73. The highest BCUT2D eigenvalue weighted by molar-refractivity contribution is 5.77. The van der Waals surface area contributed by atoms with Gasteiger partial charge >= 0.3 is 0 Å². The quantitative estimate of drug-likeness (QED) is 0.828. The Bertz CT molecular complexity index is 774. The van der Waals surface area contributed by atoms with Crippen molar-refractivity contribution in [3.8, 4) is 11.5 Å². The number of likely N-dealkylation sites (N-methyl/N-ethyl adjacent to an activating group) is 1. The fourth-order valence-electron chi connectivity index (χ4n) is 3.51. The summed E-state index contributed by atoms with van der Waals surface area (Å²) < 4.78 is 11.0. The molecule has 0 spiro atoms. The summed E-state index contributed by atoms with van der Waals surface area (Å²) in [5.41, 5.74) is 3.59. The number of amides is 1. The van der Waals surface area contributed by atoms with E-state index in [1.807, 2.05) is 18.2 Å². The van der Waals surface area contributed by atoms with Crippen LogP contribution in [0.3, 0.4) is 0 Å². The van der Waals surface area contributed by atoms with Crippen LogP contribution in [-0.2, 0) is 11.2 Å². The van der Waals surface area contributed by atoms with Crippen molar-refractivity contribution in [2.45, 2.75) is 12.5 Å². The minimum atomic E-state index is 0.0173. The monoisotopic (exact) mass is 354 g/mol. The molecule has 0 radical (unpaired) electrons. The van der Waals surface area contributed by atoms with E-state index in [2.05, 4.69) is 29.2 Å². The lowest BCUT2D eigenvalue weighted by Gasteiger charge is -2.38. The van der Waals surface area contributed by atoms with Crippen LogP contribution < -0.4 is 9.47 Å². The van der Waals surface area contributed by atoms with Gasteiger partial charge in [0.1, 0.15) is 0 Å². The highest BCUT2D eigenvalue weighted by Crippen LogP contribution is 2.40. The SMILES string of the molecule is COc1cc2c(cc1OC)C(c1ccccc1)N(CC(=O)N(C)C)CC2. The van der Waals surface area contributed by atoms with Crippen molar-refractivity contribution in [1.29, 1.82) is 0 Å². The molecule has 26 heavy (non-hydrogen) atoms. The lowest BCUT2D eigenvalue weighted by Crippen LogP contribution is -2.42. The Balaban J connectivity index is 2.07. The minimum Gasteiger partial charge on any atom is -0.493 e. The number of hydrogen-bond acceptors (Lipinski definition) is 4. The molecule has 1 amide bonds. The summed E-state index contributed by atoms with van der Waals surface area (Å²) in [6, 6.07) is 14.5. The Labute approximate surface area is 155 Å². The van der Waals surface area contributed by atoms with E-state index in [4.69, 9.17) is 9.47 Å². The number of benzene rings is 2. The van der Waals surface area contributed by atoms with Gasteiger partial charge in [0.25, 0.3) is 0 Å². The molecule has 1 heterocycles. The van der Waals surface area contributed by atoms with Crippen LogP contribution in [0.4, 0.5) is 0 Å². The van der Waals surface area contributed by atoms with Crippen molar-refractivity contribution in [3.05, 3.63) is 59.2 Å². The maximum absolute atomic E-state index is 12.4. The highest BCUT2D eigenvalue weighted by Gasteiger charge is 2.31. The van der Waals surface area contributed by atoms with E-state index in [0.29, 0.717) is 12.3 Å². The Morgan fingerprint density at radius 1 is 1.12 bits per heavy atom. The van der Waals surface area contributed by atoms with E-state index in [1.165, 1.54) is 16.7 Å². The van der Waals surface area contributed by atoms with Crippen LogP contribution in [0, 0.1) is 0 Å². The Morgan fingerprint density at radius 3 is 2.38 bits per heavy atom. The molecule has 2 aromatic carbocycles. The standard InChI is InChI=1S/C21H26N2O3/c1-22(2)20(24)14-23-11-10-16-12-18(25-3)19(26-4)13-17(16)21(23)15-8-6-5-7-9-15/h5-9,12-13,21H,10-11,14H2,1-4H3. The first-order chi connectivity index (χ1) is 12.5. The van der Waals surface area contributed by atoms with Crippen molar-refractivity contribution in [2.75, 3.05) is 41.4 Å². The first-order valence-corrected chi connectivity index (χ1v) is 8.79. The van der Waals surface area contributed by atoms with E-state index >= 15 is 0 Å². The van der Waals surface area contributed by atoms with Gasteiger partial charge in [0, 0.05) is 20.6 Å². The van der Waals surface area contributed by atoms with Crippen molar-refractivity contribution >= 4 is 5.91 Å². The van der Waals surface area contributed by atoms with Gasteiger partial charge in [0.05, 0.1) is 26.8 Å². The van der Waals surface area contributed by atoms with Gasteiger partial charge in [-0.05, 0) is 35.2 Å². The number of ether oxygens (including phenoxy) is 2. The third-order valence-electron chi connectivity index (χ3n) is 4.93. The van der Waals surface area contributed by atoms with Crippen LogP contribution in [0.15, 0.2) is 42.5 Å². The molecular weight excluding hydrogens is 328 g/mol. The van der Waals surface area contributed by atoms with Crippen LogP contribution in [0.25, 0.3) is 0 Å². The van der Waals surface area contributed by atoms with E-state index in [0.717, 1.165) is 18.7 Å². The summed E-state index contributed by atoms with van der Waals surface area (Å²) in [5.74, 6) is 1.57. The topological polar surface area (TPSA) is 42.0 Å². The average Bonchev–Trinajstić information content (AvgIpc) is 2.67. The van der Waals surface area contributed by atoms with E-state index < -0.39 is 0 Å². The Hall–Kier alpha value is -2.53. The summed E-state index contributed by atoms with van der Waals surface area (Å²) in [5, 5.41) is 0. The summed E-state index contributed by atoms with van der Waals surface area (Å²) in [7, 11) is 6.90. The molecule has 1 aliphatic rings. The second kappa shape index (κ2) is 7.79. The van der Waals surface area contributed by atoms with Crippen LogP contribution in [0.5, 0.6) is 11.5 Å². The zero-order chi connectivity index (χ0) is 18.7. The summed E-state index contributed by atoms with van der Waals surface area (Å²) in [6.07, 6.45) is 0.875. The highest BCUT2D eigenvalue weighted by atomic mass is 16.5. The molecule has 0 bridgehead atoms. The smallest absolute Gasteiger partial charge is 0.236 e. The average molecular weight is 354 g/mol. The largest absolute Gasteiger partial charge is 0.493 e. The third-order valence-corrected chi connectivity index (χ3v) is 4.93. The zero-order valence-corrected chi connectivity index (χ0v) is 15.9. The predicted octanol–water partition coefficient (Wildman–Crippen LogP) is 2.74.